The number of carbonyl (C=O) groups is 1. The first-order valence-corrected chi connectivity index (χ1v) is 13.1. The number of rotatable bonds is 10. The minimum absolute atomic E-state index is 0.0198. The number of anilines is 1. The number of fused-ring (bicyclic) bond motifs is 1. The van der Waals surface area contributed by atoms with Crippen LogP contribution in [0.25, 0.3) is 10.2 Å². The van der Waals surface area contributed by atoms with Crippen molar-refractivity contribution in [2.75, 3.05) is 37.9 Å². The lowest BCUT2D eigenvalue weighted by Crippen LogP contribution is -2.37. The van der Waals surface area contributed by atoms with Gasteiger partial charge in [-0.25, -0.2) is 4.98 Å². The van der Waals surface area contributed by atoms with E-state index in [1.165, 1.54) is 0 Å². The third-order valence-corrected chi connectivity index (χ3v) is 7.19. The molecule has 0 aliphatic carbocycles. The van der Waals surface area contributed by atoms with Gasteiger partial charge in [0.05, 0.1) is 42.7 Å². The predicted octanol–water partition coefficient (Wildman–Crippen LogP) is 5.94. The Morgan fingerprint density at radius 2 is 1.71 bits per heavy atom. The van der Waals surface area contributed by atoms with Crippen LogP contribution < -0.4 is 19.1 Å². The summed E-state index contributed by atoms with van der Waals surface area (Å²) < 4.78 is 24.5. The zero-order chi connectivity index (χ0) is 24.9. The number of benzene rings is 2. The molecule has 1 aromatic heterocycles. The van der Waals surface area contributed by atoms with Crippen molar-refractivity contribution >= 4 is 32.6 Å². The van der Waals surface area contributed by atoms with Gasteiger partial charge in [-0.05, 0) is 70.7 Å². The predicted molar refractivity (Wildman–Crippen MR) is 140 cm³/mol. The molecule has 2 heterocycles. The zero-order valence-electron chi connectivity index (χ0n) is 21.2. The van der Waals surface area contributed by atoms with Crippen molar-refractivity contribution in [2.45, 2.75) is 53.6 Å². The van der Waals surface area contributed by atoms with E-state index in [4.69, 9.17) is 23.9 Å². The number of nitrogens with zero attached hydrogens (tertiary/aromatic N) is 2. The molecule has 188 valence electrons. The molecule has 0 N–H and O–H groups in total. The second-order valence-corrected chi connectivity index (χ2v) is 9.50. The average molecular weight is 499 g/mol. The monoisotopic (exact) mass is 498 g/mol. The molecule has 0 radical (unpaired) electrons. The molecule has 35 heavy (non-hydrogen) atoms. The van der Waals surface area contributed by atoms with Crippen LogP contribution in [0.5, 0.6) is 17.2 Å². The summed E-state index contributed by atoms with van der Waals surface area (Å²) in [5.41, 5.74) is 3.64. The Kier molecular flexibility index (Phi) is 8.13. The van der Waals surface area contributed by atoms with E-state index >= 15 is 0 Å². The molecule has 7 nitrogen and oxygen atoms in total. The number of hydrogen-bond donors (Lipinski definition) is 0. The highest BCUT2D eigenvalue weighted by atomic mass is 32.1. The number of hydrogen-bond acceptors (Lipinski definition) is 7. The fourth-order valence-corrected chi connectivity index (χ4v) is 5.39. The van der Waals surface area contributed by atoms with E-state index in [-0.39, 0.29) is 12.0 Å². The topological polar surface area (TPSA) is 70.1 Å². The van der Waals surface area contributed by atoms with Gasteiger partial charge in [0.15, 0.2) is 16.6 Å². The third-order valence-electron chi connectivity index (χ3n) is 5.97. The molecule has 1 amide bonds. The summed E-state index contributed by atoms with van der Waals surface area (Å²) >= 11 is 1.54. The van der Waals surface area contributed by atoms with Crippen molar-refractivity contribution in [3.8, 4) is 17.2 Å². The van der Waals surface area contributed by atoms with Crippen molar-refractivity contribution in [1.82, 2.24) is 4.98 Å². The van der Waals surface area contributed by atoms with Gasteiger partial charge in [0, 0.05) is 12.2 Å². The normalized spacial score (nSPS) is 15.4. The van der Waals surface area contributed by atoms with E-state index in [9.17, 15) is 4.79 Å². The average Bonchev–Trinajstić information content (AvgIpc) is 3.52. The van der Waals surface area contributed by atoms with Crippen molar-refractivity contribution in [1.29, 1.82) is 0 Å². The van der Waals surface area contributed by atoms with Gasteiger partial charge in [-0.1, -0.05) is 23.5 Å². The fourth-order valence-electron chi connectivity index (χ4n) is 4.27. The first-order chi connectivity index (χ1) is 17.0. The molecule has 3 aromatic rings. The van der Waals surface area contributed by atoms with Gasteiger partial charge in [-0.15, -0.1) is 0 Å². The molecule has 0 spiro atoms. The van der Waals surface area contributed by atoms with Gasteiger partial charge in [0.25, 0.3) is 5.91 Å². The summed E-state index contributed by atoms with van der Waals surface area (Å²) in [6.07, 6.45) is 1.90. The minimum atomic E-state index is -0.167. The smallest absolute Gasteiger partial charge is 0.260 e. The van der Waals surface area contributed by atoms with E-state index in [1.807, 2.05) is 27.7 Å². The van der Waals surface area contributed by atoms with Crippen LogP contribution in [-0.4, -0.2) is 50.0 Å². The van der Waals surface area contributed by atoms with Crippen molar-refractivity contribution < 1.29 is 23.7 Å². The molecule has 1 fully saturated rings. The molecule has 1 saturated heterocycles. The second-order valence-electron chi connectivity index (χ2n) is 8.52. The SMILES string of the molecule is CCOc1cc(C(=O)N(CC2CCCO2)c2nc3c(C)ccc(C)c3s2)cc(OCC)c1OCC. The number of aromatic nitrogens is 1. The quantitative estimate of drug-likeness (QED) is 0.345. The number of aryl methyl sites for hydroxylation is 2. The second kappa shape index (κ2) is 11.3. The largest absolute Gasteiger partial charge is 0.490 e. The Morgan fingerprint density at radius 1 is 1.06 bits per heavy atom. The van der Waals surface area contributed by atoms with Crippen molar-refractivity contribution in [2.24, 2.45) is 0 Å². The molecule has 0 bridgehead atoms. The maximum Gasteiger partial charge on any atom is 0.260 e. The maximum atomic E-state index is 14.0. The summed E-state index contributed by atoms with van der Waals surface area (Å²) in [4.78, 5) is 20.7. The lowest BCUT2D eigenvalue weighted by Gasteiger charge is -2.24. The van der Waals surface area contributed by atoms with Crippen molar-refractivity contribution in [3.63, 3.8) is 0 Å². The van der Waals surface area contributed by atoms with Gasteiger partial charge in [-0.3, -0.25) is 9.69 Å². The number of thiazole rings is 1. The molecule has 8 heteroatoms. The van der Waals surface area contributed by atoms with E-state index in [2.05, 4.69) is 19.1 Å². The van der Waals surface area contributed by atoms with E-state index in [0.29, 0.717) is 54.3 Å². The maximum absolute atomic E-state index is 14.0. The molecular formula is C27H34N2O5S. The number of ether oxygens (including phenoxy) is 4. The summed E-state index contributed by atoms with van der Waals surface area (Å²) in [6.45, 7) is 12.3. The molecule has 4 rings (SSSR count). The molecule has 1 aliphatic rings. The minimum Gasteiger partial charge on any atom is -0.490 e. The summed E-state index contributed by atoms with van der Waals surface area (Å²) in [7, 11) is 0. The molecule has 1 aliphatic heterocycles. The Hall–Kier alpha value is -2.84. The van der Waals surface area contributed by atoms with E-state index in [1.54, 1.807) is 28.4 Å². The van der Waals surface area contributed by atoms with Gasteiger partial charge in [-0.2, -0.15) is 0 Å². The lowest BCUT2D eigenvalue weighted by atomic mass is 10.1. The summed E-state index contributed by atoms with van der Waals surface area (Å²) in [6, 6.07) is 7.65. The summed E-state index contributed by atoms with van der Waals surface area (Å²) in [5, 5.41) is 0.669. The fraction of sp³-hybridized carbons (Fsp3) is 0.481. The van der Waals surface area contributed by atoms with Crippen LogP contribution in [0.15, 0.2) is 24.3 Å². The Morgan fingerprint density at radius 3 is 2.29 bits per heavy atom. The molecule has 1 atom stereocenters. The van der Waals surface area contributed by atoms with Crippen molar-refractivity contribution in [3.05, 3.63) is 41.0 Å². The van der Waals surface area contributed by atoms with Crippen LogP contribution in [-0.2, 0) is 4.74 Å². The molecule has 1 unspecified atom stereocenters. The van der Waals surface area contributed by atoms with Gasteiger partial charge >= 0.3 is 0 Å². The van der Waals surface area contributed by atoms with E-state index in [0.717, 1.165) is 40.8 Å². The number of amides is 1. The first-order valence-electron chi connectivity index (χ1n) is 12.3. The van der Waals surface area contributed by atoms with Crippen LogP contribution in [0.4, 0.5) is 5.13 Å². The van der Waals surface area contributed by atoms with E-state index < -0.39 is 0 Å². The van der Waals surface area contributed by atoms with Crippen LogP contribution in [0.1, 0.15) is 55.1 Å². The Labute approximate surface area is 211 Å². The zero-order valence-corrected chi connectivity index (χ0v) is 22.0. The van der Waals surface area contributed by atoms with Crippen LogP contribution in [0.3, 0.4) is 0 Å². The number of carbonyl (C=O) groups excluding carboxylic acids is 1. The lowest BCUT2D eigenvalue weighted by molar-refractivity contribution is 0.0916. The summed E-state index contributed by atoms with van der Waals surface area (Å²) in [5.74, 6) is 1.35. The molecular weight excluding hydrogens is 464 g/mol. The third kappa shape index (κ3) is 5.38. The van der Waals surface area contributed by atoms with Crippen LogP contribution in [0, 0.1) is 13.8 Å². The Balaban J connectivity index is 1.80. The van der Waals surface area contributed by atoms with Gasteiger partial charge < -0.3 is 18.9 Å². The highest BCUT2D eigenvalue weighted by Crippen LogP contribution is 2.40. The standard InChI is InChI=1S/C27H34N2O5S/c1-6-31-21-14-19(15-22(32-7-2)24(21)33-8-3)26(30)29(16-20-10-9-13-34-20)27-28-23-17(4)11-12-18(5)25(23)35-27/h11-12,14-15,20H,6-10,13,16H2,1-5H3. The highest BCUT2D eigenvalue weighted by molar-refractivity contribution is 7.22. The first kappa shape index (κ1) is 25.3. The Bertz CT molecular complexity index is 1120. The highest BCUT2D eigenvalue weighted by Gasteiger charge is 2.29. The van der Waals surface area contributed by atoms with Gasteiger partial charge in [0.2, 0.25) is 5.75 Å². The van der Waals surface area contributed by atoms with Gasteiger partial charge in [0.1, 0.15) is 0 Å². The molecule has 2 aromatic carbocycles. The van der Waals surface area contributed by atoms with Crippen LogP contribution >= 0.6 is 11.3 Å². The van der Waals surface area contributed by atoms with Crippen LogP contribution in [0.2, 0.25) is 0 Å². The molecule has 0 saturated carbocycles.